The zero-order chi connectivity index (χ0) is 29.2. The van der Waals surface area contributed by atoms with Gasteiger partial charge in [0.05, 0.1) is 0 Å². The van der Waals surface area contributed by atoms with Crippen LogP contribution in [-0.4, -0.2) is 77.8 Å². The monoisotopic (exact) mass is 543 g/mol. The van der Waals surface area contributed by atoms with Gasteiger partial charge in [0.25, 0.3) is 0 Å². The van der Waals surface area contributed by atoms with E-state index in [1.807, 2.05) is 6.08 Å². The van der Waals surface area contributed by atoms with Crippen molar-refractivity contribution < 1.29 is 0 Å². The molecule has 0 saturated carbocycles. The molecule has 0 atom stereocenters. The van der Waals surface area contributed by atoms with E-state index in [9.17, 15) is 0 Å². The van der Waals surface area contributed by atoms with Crippen LogP contribution >= 0.6 is 0 Å². The third-order valence-corrected chi connectivity index (χ3v) is 8.09. The van der Waals surface area contributed by atoms with Gasteiger partial charge in [-0.2, -0.15) is 0 Å². The summed E-state index contributed by atoms with van der Waals surface area (Å²) in [5.74, 6) is 1.37. The van der Waals surface area contributed by atoms with Crippen molar-refractivity contribution in [1.29, 1.82) is 0 Å². The molecule has 0 N–H and O–H groups in total. The van der Waals surface area contributed by atoms with Crippen LogP contribution in [0.4, 0.5) is 0 Å². The molecule has 0 aliphatic carbocycles. The van der Waals surface area contributed by atoms with Gasteiger partial charge in [0, 0.05) is 81.6 Å². The number of hydrogen-bond acceptors (Lipinski definition) is 4. The van der Waals surface area contributed by atoms with E-state index in [1.165, 1.54) is 34.4 Å². The molecule has 5 heteroatoms. The highest BCUT2D eigenvalue weighted by Crippen LogP contribution is 2.26. The maximum atomic E-state index is 4.91. The van der Waals surface area contributed by atoms with Gasteiger partial charge in [-0.3, -0.25) is 4.90 Å². The summed E-state index contributed by atoms with van der Waals surface area (Å²) in [5.41, 5.74) is 8.68. The number of unbranched alkanes of at least 4 members (excludes halogenated alkanes) is 1. The zero-order valence-corrected chi connectivity index (χ0v) is 26.2. The molecule has 3 rings (SSSR count). The van der Waals surface area contributed by atoms with Gasteiger partial charge in [0.15, 0.2) is 0 Å². The Kier molecular flexibility index (Phi) is 11.9. The predicted molar refractivity (Wildman–Crippen MR) is 174 cm³/mol. The van der Waals surface area contributed by atoms with Gasteiger partial charge in [0.2, 0.25) is 0 Å². The molecule has 0 aromatic heterocycles. The highest BCUT2D eigenvalue weighted by Gasteiger charge is 2.23. The van der Waals surface area contributed by atoms with Crippen molar-refractivity contribution in [3.63, 3.8) is 0 Å². The fraction of sp³-hybridized carbons (Fsp3) is 0.514. The largest absolute Gasteiger partial charge is 0.369 e. The van der Waals surface area contributed by atoms with Gasteiger partial charge in [-0.25, -0.2) is 4.99 Å². The van der Waals surface area contributed by atoms with E-state index in [-0.39, 0.29) is 0 Å². The second kappa shape index (κ2) is 15.1. The van der Waals surface area contributed by atoms with Gasteiger partial charge in [0.1, 0.15) is 5.84 Å². The summed E-state index contributed by atoms with van der Waals surface area (Å²) in [6.07, 6.45) is 8.65. The maximum Gasteiger partial charge on any atom is 0.128 e. The zero-order valence-electron chi connectivity index (χ0n) is 26.2. The van der Waals surface area contributed by atoms with Crippen molar-refractivity contribution in [3.05, 3.63) is 89.8 Å². The molecule has 2 saturated heterocycles. The third-order valence-electron chi connectivity index (χ3n) is 8.09. The lowest BCUT2D eigenvalue weighted by Gasteiger charge is -2.39. The number of nitrogens with zero attached hydrogens (tertiary/aromatic N) is 5. The Hall–Kier alpha value is -3.05. The third kappa shape index (κ3) is 8.23. The van der Waals surface area contributed by atoms with Gasteiger partial charge >= 0.3 is 0 Å². The SMILES string of the molecule is C=CC(=N/C(=C\C)C(C)C)N1CCN(C(=C)c2cc(CN3CCN(/C(=C/CCC)C(=C)C)CC3)ccc2C)CC1. The van der Waals surface area contributed by atoms with Crippen LogP contribution in [0.3, 0.4) is 0 Å². The summed E-state index contributed by atoms with van der Waals surface area (Å²) in [6, 6.07) is 6.92. The molecule has 40 heavy (non-hydrogen) atoms. The van der Waals surface area contributed by atoms with Crippen LogP contribution in [0.1, 0.15) is 64.2 Å². The second-order valence-electron chi connectivity index (χ2n) is 11.5. The molecular weight excluding hydrogens is 490 g/mol. The van der Waals surface area contributed by atoms with Gasteiger partial charge in [-0.05, 0) is 62.0 Å². The van der Waals surface area contributed by atoms with Crippen molar-refractivity contribution in [3.8, 4) is 0 Å². The molecule has 0 unspecified atom stereocenters. The normalized spacial score (nSPS) is 18.0. The van der Waals surface area contributed by atoms with Crippen molar-refractivity contribution in [1.82, 2.24) is 19.6 Å². The second-order valence-corrected chi connectivity index (χ2v) is 11.5. The highest BCUT2D eigenvalue weighted by atomic mass is 15.3. The summed E-state index contributed by atoms with van der Waals surface area (Å²) in [7, 11) is 0. The minimum Gasteiger partial charge on any atom is -0.369 e. The van der Waals surface area contributed by atoms with Crippen molar-refractivity contribution in [2.45, 2.75) is 60.9 Å². The first kappa shape index (κ1) is 31.5. The topological polar surface area (TPSA) is 25.3 Å². The van der Waals surface area contributed by atoms with E-state index in [2.05, 4.69) is 111 Å². The van der Waals surface area contributed by atoms with Gasteiger partial charge < -0.3 is 14.7 Å². The Labute approximate surface area is 244 Å². The Morgan fingerprint density at radius 1 is 0.975 bits per heavy atom. The maximum absolute atomic E-state index is 4.91. The summed E-state index contributed by atoms with van der Waals surface area (Å²) in [5, 5.41) is 0. The smallest absolute Gasteiger partial charge is 0.128 e. The molecule has 1 aromatic carbocycles. The van der Waals surface area contributed by atoms with Crippen molar-refractivity contribution in [2.75, 3.05) is 52.4 Å². The molecule has 2 heterocycles. The molecule has 2 aliphatic rings. The number of amidine groups is 1. The van der Waals surface area contributed by atoms with Crippen molar-refractivity contribution in [2.24, 2.45) is 10.9 Å². The van der Waals surface area contributed by atoms with Crippen LogP contribution in [-0.2, 0) is 6.54 Å². The molecule has 5 nitrogen and oxygen atoms in total. The molecule has 218 valence electrons. The summed E-state index contributed by atoms with van der Waals surface area (Å²) < 4.78 is 0. The first-order chi connectivity index (χ1) is 19.2. The van der Waals surface area contributed by atoms with E-state index < -0.39 is 0 Å². The van der Waals surface area contributed by atoms with Crippen LogP contribution in [0, 0.1) is 12.8 Å². The highest BCUT2D eigenvalue weighted by molar-refractivity contribution is 5.93. The van der Waals surface area contributed by atoms with E-state index in [1.54, 1.807) is 0 Å². The molecule has 2 fully saturated rings. The van der Waals surface area contributed by atoms with E-state index in [0.717, 1.165) is 82.6 Å². The number of benzene rings is 1. The van der Waals surface area contributed by atoms with E-state index in [4.69, 9.17) is 4.99 Å². The minimum absolute atomic E-state index is 0.400. The molecule has 0 spiro atoms. The number of rotatable bonds is 11. The lowest BCUT2D eigenvalue weighted by Crippen LogP contribution is -2.47. The first-order valence-electron chi connectivity index (χ1n) is 15.2. The van der Waals surface area contributed by atoms with Crippen LogP contribution < -0.4 is 0 Å². The standard InChI is InChI=1S/C35H53N5/c1-10-13-14-34(28(6)7)39-19-17-37(18-20-39)26-31-16-15-29(8)32(25-31)30(9)38-21-23-40(24-22-38)35(12-3)36-33(11-2)27(4)5/h11-12,14-16,25,27H,3,6,9-10,13,17-24,26H2,1-2,4-5,7-8H3/b33-11-,34-14+,36-35?. The lowest BCUT2D eigenvalue weighted by molar-refractivity contribution is 0.154. The molecule has 0 bridgehead atoms. The fourth-order valence-electron chi connectivity index (χ4n) is 5.62. The minimum atomic E-state index is 0.400. The van der Waals surface area contributed by atoms with Crippen LogP contribution in [0.5, 0.6) is 0 Å². The van der Waals surface area contributed by atoms with Crippen LogP contribution in [0.15, 0.2) is 78.1 Å². The number of aliphatic imine (C=N–C) groups is 1. The number of aryl methyl sites for hydroxylation is 1. The van der Waals surface area contributed by atoms with Crippen LogP contribution in [0.25, 0.3) is 5.70 Å². The van der Waals surface area contributed by atoms with Crippen molar-refractivity contribution >= 4 is 11.5 Å². The van der Waals surface area contributed by atoms with Crippen LogP contribution in [0.2, 0.25) is 0 Å². The van der Waals surface area contributed by atoms with E-state index in [0.29, 0.717) is 5.92 Å². The Bertz CT molecular complexity index is 1120. The molecule has 0 radical (unpaired) electrons. The number of piperazine rings is 2. The van der Waals surface area contributed by atoms with Gasteiger partial charge in [-0.15, -0.1) is 0 Å². The number of allylic oxidation sites excluding steroid dienone is 4. The Balaban J connectivity index is 1.61. The predicted octanol–water partition coefficient (Wildman–Crippen LogP) is 7.11. The number of hydrogen-bond donors (Lipinski definition) is 0. The quantitative estimate of drug-likeness (QED) is 0.169. The summed E-state index contributed by atoms with van der Waals surface area (Å²) in [4.78, 5) is 14.8. The Morgan fingerprint density at radius 2 is 1.60 bits per heavy atom. The van der Waals surface area contributed by atoms with E-state index >= 15 is 0 Å². The molecule has 0 amide bonds. The summed E-state index contributed by atoms with van der Waals surface area (Å²) in [6.45, 7) is 34.8. The summed E-state index contributed by atoms with van der Waals surface area (Å²) >= 11 is 0. The van der Waals surface area contributed by atoms with Gasteiger partial charge in [-0.1, -0.05) is 71.2 Å². The average Bonchev–Trinajstić information content (AvgIpc) is 2.95. The Morgan fingerprint density at radius 3 is 2.15 bits per heavy atom. The molecule has 2 aliphatic heterocycles. The fourth-order valence-corrected chi connectivity index (χ4v) is 5.62. The lowest BCUT2D eigenvalue weighted by atomic mass is 10.0. The first-order valence-corrected chi connectivity index (χ1v) is 15.2. The average molecular weight is 544 g/mol. The molecular formula is C35H53N5. The molecule has 1 aromatic rings.